The predicted octanol–water partition coefficient (Wildman–Crippen LogP) is 2.09. The second-order valence-electron chi connectivity index (χ2n) is 4.82. The van der Waals surface area contributed by atoms with E-state index in [1.807, 2.05) is 26.1 Å². The fourth-order valence-electron chi connectivity index (χ4n) is 2.48. The summed E-state index contributed by atoms with van der Waals surface area (Å²) in [7, 11) is 1.94. The SMILES string of the molecule is CNC1CCCN(c2ccc(C)cc2[N+](=O)[O-])C1. The molecule has 5 heteroatoms. The summed E-state index contributed by atoms with van der Waals surface area (Å²) >= 11 is 0. The molecule has 1 aliphatic rings. The van der Waals surface area contributed by atoms with Crippen LogP contribution in [0.5, 0.6) is 0 Å². The van der Waals surface area contributed by atoms with E-state index in [-0.39, 0.29) is 10.6 Å². The lowest BCUT2D eigenvalue weighted by atomic mass is 10.0. The number of nitro benzene ring substituents is 1. The lowest BCUT2D eigenvalue weighted by Crippen LogP contribution is -2.44. The zero-order chi connectivity index (χ0) is 13.1. The Morgan fingerprint density at radius 1 is 1.50 bits per heavy atom. The fourth-order valence-corrected chi connectivity index (χ4v) is 2.48. The minimum atomic E-state index is -0.286. The number of likely N-dealkylation sites (N-methyl/N-ethyl adjacent to an activating group) is 1. The van der Waals surface area contributed by atoms with Gasteiger partial charge in [-0.3, -0.25) is 10.1 Å². The molecule has 0 spiro atoms. The van der Waals surface area contributed by atoms with Crippen LogP contribution in [0.2, 0.25) is 0 Å². The number of rotatable bonds is 3. The van der Waals surface area contributed by atoms with Gasteiger partial charge in [-0.2, -0.15) is 0 Å². The van der Waals surface area contributed by atoms with Gasteiger partial charge in [0, 0.05) is 25.2 Å². The summed E-state index contributed by atoms with van der Waals surface area (Å²) in [4.78, 5) is 13.0. The van der Waals surface area contributed by atoms with E-state index in [1.54, 1.807) is 6.07 Å². The molecule has 1 atom stereocenters. The highest BCUT2D eigenvalue weighted by atomic mass is 16.6. The molecule has 0 amide bonds. The average Bonchev–Trinajstić information content (AvgIpc) is 2.38. The number of benzene rings is 1. The summed E-state index contributed by atoms with van der Waals surface area (Å²) < 4.78 is 0. The van der Waals surface area contributed by atoms with E-state index in [2.05, 4.69) is 10.2 Å². The van der Waals surface area contributed by atoms with Gasteiger partial charge in [-0.15, -0.1) is 0 Å². The third-order valence-corrected chi connectivity index (χ3v) is 3.50. The van der Waals surface area contributed by atoms with Gasteiger partial charge >= 0.3 is 0 Å². The standard InChI is InChI=1S/C13H19N3O2/c1-10-5-6-12(13(8-10)16(17)18)15-7-3-4-11(9-15)14-2/h5-6,8,11,14H,3-4,7,9H2,1-2H3. The van der Waals surface area contributed by atoms with Crippen LogP contribution >= 0.6 is 0 Å². The first kappa shape index (κ1) is 12.8. The van der Waals surface area contributed by atoms with Crippen LogP contribution in [0.1, 0.15) is 18.4 Å². The normalized spacial score (nSPS) is 19.9. The van der Waals surface area contributed by atoms with Crippen LogP contribution in [0.15, 0.2) is 18.2 Å². The molecule has 1 aromatic rings. The molecule has 5 nitrogen and oxygen atoms in total. The van der Waals surface area contributed by atoms with Crippen molar-refractivity contribution < 1.29 is 4.92 Å². The van der Waals surface area contributed by atoms with Gasteiger partial charge in [-0.1, -0.05) is 6.07 Å². The second-order valence-corrected chi connectivity index (χ2v) is 4.82. The van der Waals surface area contributed by atoms with Gasteiger partial charge in [-0.05, 0) is 38.4 Å². The second kappa shape index (κ2) is 5.35. The van der Waals surface area contributed by atoms with E-state index < -0.39 is 0 Å². The maximum Gasteiger partial charge on any atom is 0.292 e. The molecule has 0 saturated carbocycles. The molecule has 18 heavy (non-hydrogen) atoms. The average molecular weight is 249 g/mol. The first-order valence-corrected chi connectivity index (χ1v) is 6.29. The Kier molecular flexibility index (Phi) is 3.81. The molecule has 1 heterocycles. The van der Waals surface area contributed by atoms with Crippen molar-refractivity contribution in [2.24, 2.45) is 0 Å². The summed E-state index contributed by atoms with van der Waals surface area (Å²) in [5.41, 5.74) is 1.88. The maximum absolute atomic E-state index is 11.1. The molecule has 0 bridgehead atoms. The number of nitro groups is 1. The van der Waals surface area contributed by atoms with Crippen molar-refractivity contribution in [2.75, 3.05) is 25.0 Å². The highest BCUT2D eigenvalue weighted by molar-refractivity contribution is 5.64. The summed E-state index contributed by atoms with van der Waals surface area (Å²) in [5.74, 6) is 0. The quantitative estimate of drug-likeness (QED) is 0.658. The highest BCUT2D eigenvalue weighted by Gasteiger charge is 2.24. The van der Waals surface area contributed by atoms with Gasteiger partial charge in [-0.25, -0.2) is 0 Å². The molecular weight excluding hydrogens is 230 g/mol. The Balaban J connectivity index is 2.29. The molecule has 1 saturated heterocycles. The summed E-state index contributed by atoms with van der Waals surface area (Å²) in [5, 5.41) is 14.4. The zero-order valence-electron chi connectivity index (χ0n) is 10.8. The number of hydrogen-bond donors (Lipinski definition) is 1. The number of nitrogens with zero attached hydrogens (tertiary/aromatic N) is 2. The lowest BCUT2D eigenvalue weighted by molar-refractivity contribution is -0.384. The van der Waals surface area contributed by atoms with Gasteiger partial charge in [0.1, 0.15) is 5.69 Å². The molecule has 1 aromatic carbocycles. The monoisotopic (exact) mass is 249 g/mol. The molecule has 1 N–H and O–H groups in total. The molecule has 1 unspecified atom stereocenters. The minimum absolute atomic E-state index is 0.215. The van der Waals surface area contributed by atoms with E-state index in [9.17, 15) is 10.1 Å². The van der Waals surface area contributed by atoms with Crippen molar-refractivity contribution in [3.63, 3.8) is 0 Å². The van der Waals surface area contributed by atoms with Gasteiger partial charge in [0.15, 0.2) is 0 Å². The summed E-state index contributed by atoms with van der Waals surface area (Å²) in [6, 6.07) is 5.87. The van der Waals surface area contributed by atoms with Crippen LogP contribution in [-0.2, 0) is 0 Å². The van der Waals surface area contributed by atoms with Crippen LogP contribution < -0.4 is 10.2 Å². The van der Waals surface area contributed by atoms with Crippen molar-refractivity contribution >= 4 is 11.4 Å². The lowest BCUT2D eigenvalue weighted by Gasteiger charge is -2.33. The Hall–Kier alpha value is -1.62. The first-order chi connectivity index (χ1) is 8.61. The number of anilines is 1. The van der Waals surface area contributed by atoms with Crippen molar-refractivity contribution in [2.45, 2.75) is 25.8 Å². The topological polar surface area (TPSA) is 58.4 Å². The largest absolute Gasteiger partial charge is 0.364 e. The first-order valence-electron chi connectivity index (χ1n) is 6.29. The molecule has 1 fully saturated rings. The molecule has 98 valence electrons. The number of piperidine rings is 1. The Morgan fingerprint density at radius 3 is 2.94 bits per heavy atom. The molecule has 2 rings (SSSR count). The van der Waals surface area contributed by atoms with Gasteiger partial charge in [0.2, 0.25) is 0 Å². The Bertz CT molecular complexity index is 448. The van der Waals surface area contributed by atoms with Crippen molar-refractivity contribution in [3.8, 4) is 0 Å². The minimum Gasteiger partial charge on any atom is -0.364 e. The number of aryl methyl sites for hydroxylation is 1. The van der Waals surface area contributed by atoms with E-state index in [0.29, 0.717) is 6.04 Å². The van der Waals surface area contributed by atoms with E-state index in [4.69, 9.17) is 0 Å². The van der Waals surface area contributed by atoms with Crippen molar-refractivity contribution in [1.82, 2.24) is 5.32 Å². The van der Waals surface area contributed by atoms with E-state index >= 15 is 0 Å². The Morgan fingerprint density at radius 2 is 2.28 bits per heavy atom. The molecular formula is C13H19N3O2. The number of nitrogens with one attached hydrogen (secondary N) is 1. The van der Waals surface area contributed by atoms with Gasteiger partial charge in [0.05, 0.1) is 4.92 Å². The van der Waals surface area contributed by atoms with Crippen LogP contribution in [0.25, 0.3) is 0 Å². The molecule has 0 radical (unpaired) electrons. The third kappa shape index (κ3) is 2.61. The van der Waals surface area contributed by atoms with E-state index in [0.717, 1.165) is 37.2 Å². The predicted molar refractivity (Wildman–Crippen MR) is 72.1 cm³/mol. The number of hydrogen-bond acceptors (Lipinski definition) is 4. The highest BCUT2D eigenvalue weighted by Crippen LogP contribution is 2.31. The Labute approximate surface area is 107 Å². The molecule has 0 aromatic heterocycles. The van der Waals surface area contributed by atoms with Crippen LogP contribution in [0, 0.1) is 17.0 Å². The third-order valence-electron chi connectivity index (χ3n) is 3.50. The molecule has 0 aliphatic carbocycles. The van der Waals surface area contributed by atoms with Crippen molar-refractivity contribution in [1.29, 1.82) is 0 Å². The van der Waals surface area contributed by atoms with Crippen LogP contribution in [0.3, 0.4) is 0 Å². The van der Waals surface area contributed by atoms with Crippen molar-refractivity contribution in [3.05, 3.63) is 33.9 Å². The van der Waals surface area contributed by atoms with Gasteiger partial charge in [0.25, 0.3) is 5.69 Å². The van der Waals surface area contributed by atoms with Crippen LogP contribution in [-0.4, -0.2) is 31.1 Å². The summed E-state index contributed by atoms with van der Waals surface area (Å²) in [6.45, 7) is 3.60. The van der Waals surface area contributed by atoms with Crippen LogP contribution in [0.4, 0.5) is 11.4 Å². The zero-order valence-corrected chi connectivity index (χ0v) is 10.8. The smallest absolute Gasteiger partial charge is 0.292 e. The van der Waals surface area contributed by atoms with Gasteiger partial charge < -0.3 is 10.2 Å². The molecule has 1 aliphatic heterocycles. The van der Waals surface area contributed by atoms with E-state index in [1.165, 1.54) is 0 Å². The fraction of sp³-hybridized carbons (Fsp3) is 0.538. The maximum atomic E-state index is 11.1. The summed E-state index contributed by atoms with van der Waals surface area (Å²) in [6.07, 6.45) is 2.20.